The minimum atomic E-state index is 0.238. The summed E-state index contributed by atoms with van der Waals surface area (Å²) in [4.78, 5) is 16.8. The normalized spacial score (nSPS) is 15.3. The maximum atomic E-state index is 12.5. The number of nitrogens with zero attached hydrogens (tertiary/aromatic N) is 3. The lowest BCUT2D eigenvalue weighted by atomic mass is 10.0. The molecule has 1 aliphatic heterocycles. The molecule has 0 spiro atoms. The van der Waals surface area contributed by atoms with E-state index in [1.165, 1.54) is 5.69 Å². The van der Waals surface area contributed by atoms with E-state index in [0.717, 1.165) is 48.7 Å². The van der Waals surface area contributed by atoms with E-state index in [1.54, 1.807) is 11.8 Å². The number of para-hydroxylation sites is 1. The van der Waals surface area contributed by atoms with E-state index in [4.69, 9.17) is 4.52 Å². The van der Waals surface area contributed by atoms with Gasteiger partial charge in [-0.15, -0.1) is 11.8 Å². The Hall–Kier alpha value is -1.95. The highest BCUT2D eigenvalue weighted by atomic mass is 32.2. The Kier molecular flexibility index (Phi) is 6.25. The number of aryl methyl sites for hydroxylation is 2. The van der Waals surface area contributed by atoms with Gasteiger partial charge in [-0.05, 0) is 38.8 Å². The number of anilines is 1. The molecule has 6 heteroatoms. The molecular formula is C20H27N3O2S. The van der Waals surface area contributed by atoms with E-state index >= 15 is 0 Å². The standard InChI is InChI=1S/C20H27N3O2S/c1-15-19(16(2)25-21-15)13-26-14-20(24)23-11-9-18(10-12-23)22(3)17-7-5-4-6-8-17/h4-8,18H,9-14H2,1-3H3. The Bertz CT molecular complexity index is 704. The van der Waals surface area contributed by atoms with Gasteiger partial charge in [0.1, 0.15) is 5.76 Å². The van der Waals surface area contributed by atoms with E-state index in [1.807, 2.05) is 24.8 Å². The number of amides is 1. The summed E-state index contributed by atoms with van der Waals surface area (Å²) in [6.45, 7) is 5.55. The predicted octanol–water partition coefficient (Wildman–Crippen LogP) is 3.65. The maximum Gasteiger partial charge on any atom is 0.232 e. The van der Waals surface area contributed by atoms with Gasteiger partial charge in [0.15, 0.2) is 0 Å². The molecule has 0 aliphatic carbocycles. The van der Waals surface area contributed by atoms with Crippen molar-refractivity contribution in [2.45, 2.75) is 38.5 Å². The van der Waals surface area contributed by atoms with Crippen molar-refractivity contribution in [3.63, 3.8) is 0 Å². The first kappa shape index (κ1) is 18.8. The molecule has 1 aromatic carbocycles. The zero-order valence-electron chi connectivity index (χ0n) is 15.8. The monoisotopic (exact) mass is 373 g/mol. The topological polar surface area (TPSA) is 49.6 Å². The molecule has 1 fully saturated rings. The lowest BCUT2D eigenvalue weighted by molar-refractivity contribution is -0.129. The van der Waals surface area contributed by atoms with Gasteiger partial charge in [0.25, 0.3) is 0 Å². The van der Waals surface area contributed by atoms with Crippen molar-refractivity contribution < 1.29 is 9.32 Å². The van der Waals surface area contributed by atoms with Crippen LogP contribution in [0.5, 0.6) is 0 Å². The number of aromatic nitrogens is 1. The Morgan fingerprint density at radius 3 is 2.58 bits per heavy atom. The number of hydrogen-bond donors (Lipinski definition) is 0. The number of carbonyl (C=O) groups excluding carboxylic acids is 1. The molecule has 1 amide bonds. The Morgan fingerprint density at radius 2 is 1.96 bits per heavy atom. The van der Waals surface area contributed by atoms with E-state index in [9.17, 15) is 4.79 Å². The Morgan fingerprint density at radius 1 is 1.27 bits per heavy atom. The van der Waals surface area contributed by atoms with E-state index < -0.39 is 0 Å². The largest absolute Gasteiger partial charge is 0.371 e. The summed E-state index contributed by atoms with van der Waals surface area (Å²) in [5.41, 5.74) is 3.28. The van der Waals surface area contributed by atoms with Gasteiger partial charge in [0, 0.05) is 43.2 Å². The first-order valence-corrected chi connectivity index (χ1v) is 10.3. The van der Waals surface area contributed by atoms with Gasteiger partial charge in [-0.25, -0.2) is 0 Å². The average Bonchev–Trinajstić information content (AvgIpc) is 3.00. The molecule has 2 heterocycles. The summed E-state index contributed by atoms with van der Waals surface area (Å²) in [7, 11) is 2.15. The molecule has 140 valence electrons. The lowest BCUT2D eigenvalue weighted by Crippen LogP contribution is -2.46. The van der Waals surface area contributed by atoms with Crippen LogP contribution in [0.3, 0.4) is 0 Å². The fourth-order valence-corrected chi connectivity index (χ4v) is 4.49. The van der Waals surface area contributed by atoms with Crippen molar-refractivity contribution in [2.75, 3.05) is 30.8 Å². The minimum Gasteiger partial charge on any atom is -0.371 e. The fraction of sp³-hybridized carbons (Fsp3) is 0.500. The van der Waals surface area contributed by atoms with Crippen LogP contribution in [0.2, 0.25) is 0 Å². The first-order valence-electron chi connectivity index (χ1n) is 9.11. The van der Waals surface area contributed by atoms with E-state index in [2.05, 4.69) is 41.4 Å². The van der Waals surface area contributed by atoms with Crippen LogP contribution in [0.1, 0.15) is 29.9 Å². The molecule has 0 saturated carbocycles. The van der Waals surface area contributed by atoms with Gasteiger partial charge >= 0.3 is 0 Å². The molecule has 0 bridgehead atoms. The van der Waals surface area contributed by atoms with E-state index in [-0.39, 0.29) is 5.91 Å². The van der Waals surface area contributed by atoms with Crippen molar-refractivity contribution in [3.05, 3.63) is 47.3 Å². The highest BCUT2D eigenvalue weighted by Crippen LogP contribution is 2.23. The molecule has 0 N–H and O–H groups in total. The molecule has 2 aromatic rings. The van der Waals surface area contributed by atoms with Gasteiger partial charge in [0.05, 0.1) is 11.4 Å². The Balaban J connectivity index is 1.43. The van der Waals surface area contributed by atoms with Crippen LogP contribution in [0.25, 0.3) is 0 Å². The second-order valence-corrected chi connectivity index (χ2v) is 7.84. The second-order valence-electron chi connectivity index (χ2n) is 6.85. The van der Waals surface area contributed by atoms with Crippen molar-refractivity contribution in [2.24, 2.45) is 0 Å². The van der Waals surface area contributed by atoms with Gasteiger partial charge in [-0.1, -0.05) is 23.4 Å². The quantitative estimate of drug-likeness (QED) is 0.773. The smallest absolute Gasteiger partial charge is 0.232 e. The minimum absolute atomic E-state index is 0.238. The average molecular weight is 374 g/mol. The summed E-state index contributed by atoms with van der Waals surface area (Å²) < 4.78 is 5.18. The SMILES string of the molecule is Cc1noc(C)c1CSCC(=O)N1CCC(N(C)c2ccccc2)CC1. The number of carbonyl (C=O) groups is 1. The summed E-state index contributed by atoms with van der Waals surface area (Å²) in [5, 5.41) is 3.97. The third kappa shape index (κ3) is 4.41. The molecule has 5 nitrogen and oxygen atoms in total. The van der Waals surface area contributed by atoms with Gasteiger partial charge in [-0.2, -0.15) is 0 Å². The number of thioether (sulfide) groups is 1. The molecule has 1 aromatic heterocycles. The number of hydrogen-bond acceptors (Lipinski definition) is 5. The highest BCUT2D eigenvalue weighted by molar-refractivity contribution is 7.99. The molecule has 3 rings (SSSR count). The summed E-state index contributed by atoms with van der Waals surface area (Å²) in [5.74, 6) is 2.39. The molecule has 0 radical (unpaired) electrons. The maximum absolute atomic E-state index is 12.5. The zero-order chi connectivity index (χ0) is 18.5. The van der Waals surface area contributed by atoms with Crippen molar-refractivity contribution in [3.8, 4) is 0 Å². The lowest BCUT2D eigenvalue weighted by Gasteiger charge is -2.37. The van der Waals surface area contributed by atoms with Gasteiger partial charge < -0.3 is 14.3 Å². The number of likely N-dealkylation sites (tertiary alicyclic amines) is 1. The molecule has 0 atom stereocenters. The highest BCUT2D eigenvalue weighted by Gasteiger charge is 2.25. The fourth-order valence-electron chi connectivity index (χ4n) is 3.42. The predicted molar refractivity (Wildman–Crippen MR) is 107 cm³/mol. The van der Waals surface area contributed by atoms with Crippen LogP contribution >= 0.6 is 11.8 Å². The van der Waals surface area contributed by atoms with Gasteiger partial charge in [-0.3, -0.25) is 4.79 Å². The van der Waals surface area contributed by atoms with Crippen LogP contribution in [0, 0.1) is 13.8 Å². The van der Waals surface area contributed by atoms with Crippen LogP contribution in [0.4, 0.5) is 5.69 Å². The molecular weight excluding hydrogens is 346 g/mol. The van der Waals surface area contributed by atoms with Crippen molar-refractivity contribution in [1.82, 2.24) is 10.1 Å². The van der Waals surface area contributed by atoms with Crippen molar-refractivity contribution in [1.29, 1.82) is 0 Å². The van der Waals surface area contributed by atoms with Crippen LogP contribution in [-0.2, 0) is 10.5 Å². The summed E-state index contributed by atoms with van der Waals surface area (Å²) >= 11 is 1.64. The molecule has 26 heavy (non-hydrogen) atoms. The molecule has 1 aliphatic rings. The summed E-state index contributed by atoms with van der Waals surface area (Å²) in [6.07, 6.45) is 2.04. The van der Waals surface area contributed by atoms with Crippen LogP contribution in [0.15, 0.2) is 34.9 Å². The van der Waals surface area contributed by atoms with Crippen LogP contribution < -0.4 is 4.90 Å². The Labute approximate surface area is 159 Å². The third-order valence-electron chi connectivity index (χ3n) is 5.18. The molecule has 1 saturated heterocycles. The van der Waals surface area contributed by atoms with Gasteiger partial charge in [0.2, 0.25) is 5.91 Å². The van der Waals surface area contributed by atoms with E-state index in [0.29, 0.717) is 11.8 Å². The first-order chi connectivity index (χ1) is 12.6. The van der Waals surface area contributed by atoms with Crippen LogP contribution in [-0.4, -0.2) is 47.9 Å². The third-order valence-corrected chi connectivity index (χ3v) is 6.13. The van der Waals surface area contributed by atoms with Crippen molar-refractivity contribution >= 4 is 23.4 Å². The summed E-state index contributed by atoms with van der Waals surface area (Å²) in [6, 6.07) is 11.0. The number of rotatable bonds is 6. The number of piperidine rings is 1. The number of benzene rings is 1. The second kappa shape index (κ2) is 8.62. The molecule has 0 unspecified atom stereocenters. The zero-order valence-corrected chi connectivity index (χ0v) is 16.6.